The fourth-order valence-electron chi connectivity index (χ4n) is 4.40. The predicted molar refractivity (Wildman–Crippen MR) is 91.4 cm³/mol. The number of benzene rings is 1. The van der Waals surface area contributed by atoms with Crippen LogP contribution in [0.5, 0.6) is 11.5 Å². The Labute approximate surface area is 147 Å². The van der Waals surface area contributed by atoms with E-state index in [1.54, 1.807) is 0 Å². The second kappa shape index (κ2) is 6.12. The first-order valence-corrected chi connectivity index (χ1v) is 9.08. The van der Waals surface area contributed by atoms with Gasteiger partial charge in [-0.05, 0) is 50.8 Å². The molecule has 3 aliphatic heterocycles. The second-order valence-corrected chi connectivity index (χ2v) is 7.47. The number of carbonyl (C=O) groups is 1. The van der Waals surface area contributed by atoms with Crippen LogP contribution in [-0.2, 0) is 11.3 Å². The zero-order valence-corrected chi connectivity index (χ0v) is 14.7. The molecular formula is C18H23ClN2O3. The lowest BCUT2D eigenvalue weighted by molar-refractivity contribution is -0.142. The number of ether oxygens (including phenoxy) is 2. The van der Waals surface area contributed by atoms with E-state index in [1.165, 1.54) is 0 Å². The van der Waals surface area contributed by atoms with Crippen LogP contribution >= 0.6 is 11.6 Å². The third-order valence-corrected chi connectivity index (χ3v) is 6.22. The minimum Gasteiger partial charge on any atom is -0.454 e. The summed E-state index contributed by atoms with van der Waals surface area (Å²) in [7, 11) is 0. The lowest BCUT2D eigenvalue weighted by Gasteiger charge is -2.49. The van der Waals surface area contributed by atoms with Crippen LogP contribution in [0.3, 0.4) is 0 Å². The standard InChI is InChI=1S/C18H23ClN2O3/c1-12-18(4-2-6-20-17(18)22)5-3-7-21(12)10-13-8-15-16(9-14(13)19)24-11-23-15/h8-9,12H,2-7,10-11H2,1H3,(H,20,22)/t12-,18+/m1/s1. The van der Waals surface area contributed by atoms with Crippen molar-refractivity contribution in [1.29, 1.82) is 0 Å². The number of likely N-dealkylation sites (tertiary alicyclic amines) is 1. The highest BCUT2D eigenvalue weighted by molar-refractivity contribution is 6.31. The van der Waals surface area contributed by atoms with Crippen molar-refractivity contribution in [1.82, 2.24) is 10.2 Å². The van der Waals surface area contributed by atoms with Crippen LogP contribution in [0.1, 0.15) is 38.2 Å². The average molecular weight is 351 g/mol. The average Bonchev–Trinajstić information content (AvgIpc) is 3.01. The van der Waals surface area contributed by atoms with Crippen LogP contribution in [0.2, 0.25) is 5.02 Å². The number of amides is 1. The molecule has 5 nitrogen and oxygen atoms in total. The van der Waals surface area contributed by atoms with E-state index in [2.05, 4.69) is 17.1 Å². The summed E-state index contributed by atoms with van der Waals surface area (Å²) in [4.78, 5) is 15.0. The first kappa shape index (κ1) is 16.0. The molecule has 0 aromatic heterocycles. The maximum atomic E-state index is 12.6. The van der Waals surface area contributed by atoms with Crippen LogP contribution in [0.15, 0.2) is 12.1 Å². The van der Waals surface area contributed by atoms with Crippen LogP contribution in [0.25, 0.3) is 0 Å². The van der Waals surface area contributed by atoms with Gasteiger partial charge in [0, 0.05) is 30.2 Å². The van der Waals surface area contributed by atoms with E-state index < -0.39 is 0 Å². The molecule has 3 heterocycles. The highest BCUT2D eigenvalue weighted by Crippen LogP contribution is 2.43. The lowest BCUT2D eigenvalue weighted by Crippen LogP contribution is -2.59. The van der Waals surface area contributed by atoms with E-state index in [9.17, 15) is 4.79 Å². The van der Waals surface area contributed by atoms with Crippen molar-refractivity contribution in [2.24, 2.45) is 5.41 Å². The number of hydrogen-bond acceptors (Lipinski definition) is 4. The minimum absolute atomic E-state index is 0.202. The molecule has 0 radical (unpaired) electrons. The predicted octanol–water partition coefficient (Wildman–Crippen LogP) is 2.95. The summed E-state index contributed by atoms with van der Waals surface area (Å²) in [5.41, 5.74) is 0.778. The van der Waals surface area contributed by atoms with Gasteiger partial charge in [0.1, 0.15) is 0 Å². The Morgan fingerprint density at radius 3 is 2.83 bits per heavy atom. The van der Waals surface area contributed by atoms with Crippen LogP contribution < -0.4 is 14.8 Å². The minimum atomic E-state index is -0.251. The van der Waals surface area contributed by atoms with E-state index in [0.717, 1.165) is 56.6 Å². The molecule has 0 aliphatic carbocycles. The van der Waals surface area contributed by atoms with Gasteiger partial charge >= 0.3 is 0 Å². The molecular weight excluding hydrogens is 328 g/mol. The molecule has 0 saturated carbocycles. The van der Waals surface area contributed by atoms with Gasteiger partial charge in [0.25, 0.3) is 0 Å². The lowest BCUT2D eigenvalue weighted by atomic mass is 9.68. The van der Waals surface area contributed by atoms with Crippen LogP contribution in [0, 0.1) is 5.41 Å². The Kier molecular flexibility index (Phi) is 4.09. The number of piperidine rings is 2. The van der Waals surface area contributed by atoms with E-state index in [0.29, 0.717) is 10.8 Å². The molecule has 130 valence electrons. The van der Waals surface area contributed by atoms with Gasteiger partial charge < -0.3 is 14.8 Å². The maximum absolute atomic E-state index is 12.6. The SMILES string of the molecule is C[C@H]1N(Cc2cc3c(cc2Cl)OCO3)CCC[C@@]12CCCNC2=O. The molecule has 1 spiro atoms. The molecule has 1 amide bonds. The number of carbonyl (C=O) groups excluding carboxylic acids is 1. The summed E-state index contributed by atoms with van der Waals surface area (Å²) >= 11 is 6.44. The topological polar surface area (TPSA) is 50.8 Å². The maximum Gasteiger partial charge on any atom is 0.231 e. The van der Waals surface area contributed by atoms with Crippen LogP contribution in [0.4, 0.5) is 0 Å². The zero-order valence-electron chi connectivity index (χ0n) is 13.9. The molecule has 2 atom stereocenters. The van der Waals surface area contributed by atoms with Gasteiger partial charge in [0.2, 0.25) is 12.7 Å². The highest BCUT2D eigenvalue weighted by atomic mass is 35.5. The van der Waals surface area contributed by atoms with Gasteiger partial charge in [-0.2, -0.15) is 0 Å². The zero-order chi connectivity index (χ0) is 16.7. The number of fused-ring (bicyclic) bond motifs is 1. The molecule has 1 aromatic rings. The third kappa shape index (κ3) is 2.54. The smallest absolute Gasteiger partial charge is 0.231 e. The van der Waals surface area contributed by atoms with E-state index in [-0.39, 0.29) is 24.2 Å². The largest absolute Gasteiger partial charge is 0.454 e. The molecule has 24 heavy (non-hydrogen) atoms. The Morgan fingerprint density at radius 2 is 2.04 bits per heavy atom. The van der Waals surface area contributed by atoms with Crippen molar-refractivity contribution in [3.05, 3.63) is 22.7 Å². The van der Waals surface area contributed by atoms with Gasteiger partial charge in [-0.1, -0.05) is 11.6 Å². The molecule has 4 rings (SSSR count). The van der Waals surface area contributed by atoms with Crippen molar-refractivity contribution in [3.63, 3.8) is 0 Å². The summed E-state index contributed by atoms with van der Waals surface area (Å²) in [6.07, 6.45) is 4.06. The van der Waals surface area contributed by atoms with Crippen molar-refractivity contribution in [2.45, 2.75) is 45.2 Å². The molecule has 6 heteroatoms. The Morgan fingerprint density at radius 1 is 1.29 bits per heavy atom. The summed E-state index contributed by atoms with van der Waals surface area (Å²) in [5.74, 6) is 1.69. The van der Waals surface area contributed by atoms with Crippen molar-refractivity contribution in [3.8, 4) is 11.5 Å². The first-order chi connectivity index (χ1) is 11.6. The third-order valence-electron chi connectivity index (χ3n) is 5.87. The second-order valence-electron chi connectivity index (χ2n) is 7.06. The summed E-state index contributed by atoms with van der Waals surface area (Å²) in [6, 6.07) is 4.00. The summed E-state index contributed by atoms with van der Waals surface area (Å²) < 4.78 is 10.8. The number of nitrogens with one attached hydrogen (secondary N) is 1. The summed E-state index contributed by atoms with van der Waals surface area (Å²) in [6.45, 7) is 4.96. The first-order valence-electron chi connectivity index (χ1n) is 8.70. The molecule has 0 unspecified atom stereocenters. The number of nitrogens with zero attached hydrogens (tertiary/aromatic N) is 1. The summed E-state index contributed by atoms with van der Waals surface area (Å²) in [5, 5.41) is 3.77. The van der Waals surface area contributed by atoms with Crippen molar-refractivity contribution >= 4 is 17.5 Å². The molecule has 2 saturated heterocycles. The Hall–Kier alpha value is -1.46. The number of hydrogen-bond donors (Lipinski definition) is 1. The number of halogens is 1. The fraction of sp³-hybridized carbons (Fsp3) is 0.611. The molecule has 2 fully saturated rings. The molecule has 1 N–H and O–H groups in total. The van der Waals surface area contributed by atoms with Crippen molar-refractivity contribution < 1.29 is 14.3 Å². The quantitative estimate of drug-likeness (QED) is 0.891. The fourth-order valence-corrected chi connectivity index (χ4v) is 4.61. The molecule has 3 aliphatic rings. The van der Waals surface area contributed by atoms with Gasteiger partial charge in [-0.25, -0.2) is 0 Å². The highest BCUT2D eigenvalue weighted by Gasteiger charge is 2.48. The van der Waals surface area contributed by atoms with Gasteiger partial charge in [-0.3, -0.25) is 9.69 Å². The van der Waals surface area contributed by atoms with E-state index >= 15 is 0 Å². The monoisotopic (exact) mass is 350 g/mol. The Balaban J connectivity index is 1.57. The van der Waals surface area contributed by atoms with E-state index in [4.69, 9.17) is 21.1 Å². The van der Waals surface area contributed by atoms with Gasteiger partial charge in [0.05, 0.1) is 5.41 Å². The number of rotatable bonds is 2. The Bertz CT molecular complexity index is 662. The van der Waals surface area contributed by atoms with Crippen molar-refractivity contribution in [2.75, 3.05) is 19.9 Å². The van der Waals surface area contributed by atoms with Crippen LogP contribution in [-0.4, -0.2) is 36.7 Å². The van der Waals surface area contributed by atoms with Gasteiger partial charge in [-0.15, -0.1) is 0 Å². The molecule has 1 aromatic carbocycles. The van der Waals surface area contributed by atoms with Gasteiger partial charge in [0.15, 0.2) is 11.5 Å². The normalized spacial score (nSPS) is 29.8. The molecule has 0 bridgehead atoms. The van der Waals surface area contributed by atoms with E-state index in [1.807, 2.05) is 12.1 Å².